The molecule has 0 bridgehead atoms. The smallest absolute Gasteiger partial charge is 0.264 e. The monoisotopic (exact) mass is 678 g/mol. The first-order valence-electron chi connectivity index (χ1n) is 12.3. The summed E-state index contributed by atoms with van der Waals surface area (Å²) in [5.74, 6) is -0.454. The normalized spacial score (nSPS) is 16.4. The number of rotatable bonds is 6. The van der Waals surface area contributed by atoms with E-state index < -0.39 is 10.0 Å². The number of amides is 1. The van der Waals surface area contributed by atoms with E-state index in [0.717, 1.165) is 5.56 Å². The Morgan fingerprint density at radius 2 is 1.92 bits per heavy atom. The van der Waals surface area contributed by atoms with Crippen molar-refractivity contribution < 1.29 is 17.6 Å². The molecule has 7 nitrogen and oxygen atoms in total. The second-order valence-electron chi connectivity index (χ2n) is 9.46. The van der Waals surface area contributed by atoms with E-state index in [-0.39, 0.29) is 33.4 Å². The Kier molecular flexibility index (Phi) is 8.08. The van der Waals surface area contributed by atoms with Crippen molar-refractivity contribution in [2.45, 2.75) is 24.4 Å². The zero-order chi connectivity index (χ0) is 27.7. The van der Waals surface area contributed by atoms with Crippen molar-refractivity contribution in [3.63, 3.8) is 0 Å². The molecular weight excluding hydrogens is 654 g/mol. The Hall–Kier alpha value is -2.80. The van der Waals surface area contributed by atoms with Crippen LogP contribution in [0.4, 0.5) is 10.1 Å². The van der Waals surface area contributed by atoms with Crippen molar-refractivity contribution >= 4 is 66.7 Å². The summed E-state index contributed by atoms with van der Waals surface area (Å²) in [6.07, 6.45) is 1.54. The number of hydrogen-bond donors (Lipinski definition) is 1. The predicted molar refractivity (Wildman–Crippen MR) is 159 cm³/mol. The van der Waals surface area contributed by atoms with Crippen LogP contribution in [0.3, 0.4) is 0 Å². The minimum atomic E-state index is -3.95. The molecule has 1 N–H and O–H groups in total. The molecule has 11 heteroatoms. The highest BCUT2D eigenvalue weighted by Crippen LogP contribution is 2.28. The van der Waals surface area contributed by atoms with Gasteiger partial charge in [0.25, 0.3) is 15.9 Å². The molecular formula is C28H25ClFIN4O3S. The number of pyridine rings is 1. The summed E-state index contributed by atoms with van der Waals surface area (Å²) < 4.78 is 43.3. The van der Waals surface area contributed by atoms with Crippen LogP contribution >= 0.6 is 34.2 Å². The molecule has 1 aliphatic rings. The second kappa shape index (κ2) is 11.4. The van der Waals surface area contributed by atoms with Gasteiger partial charge in [0, 0.05) is 47.4 Å². The van der Waals surface area contributed by atoms with Crippen molar-refractivity contribution in [1.29, 1.82) is 0 Å². The summed E-state index contributed by atoms with van der Waals surface area (Å²) in [5.41, 5.74) is 1.80. The van der Waals surface area contributed by atoms with Crippen LogP contribution in [0.25, 0.3) is 10.9 Å². The molecule has 3 aromatic carbocycles. The Labute approximate surface area is 245 Å². The topological polar surface area (TPSA) is 82.6 Å². The maximum Gasteiger partial charge on any atom is 0.264 e. The van der Waals surface area contributed by atoms with Gasteiger partial charge in [0.05, 0.1) is 21.8 Å². The van der Waals surface area contributed by atoms with E-state index >= 15 is 0 Å². The molecule has 1 saturated heterocycles. The van der Waals surface area contributed by atoms with Gasteiger partial charge in [0.2, 0.25) is 0 Å². The molecule has 0 spiro atoms. The van der Waals surface area contributed by atoms with Crippen LogP contribution in [-0.4, -0.2) is 54.8 Å². The maximum absolute atomic E-state index is 13.9. The Morgan fingerprint density at radius 1 is 1.13 bits per heavy atom. The summed E-state index contributed by atoms with van der Waals surface area (Å²) in [7, 11) is -3.95. The van der Waals surface area contributed by atoms with Crippen LogP contribution in [0.2, 0.25) is 5.02 Å². The van der Waals surface area contributed by atoms with E-state index in [4.69, 9.17) is 11.6 Å². The Bertz CT molecular complexity index is 1660. The van der Waals surface area contributed by atoms with E-state index in [9.17, 15) is 17.6 Å². The summed E-state index contributed by atoms with van der Waals surface area (Å²) >= 11 is 8.45. The van der Waals surface area contributed by atoms with Gasteiger partial charge in [0.1, 0.15) is 10.7 Å². The van der Waals surface area contributed by atoms with Crippen molar-refractivity contribution in [3.8, 4) is 0 Å². The second-order valence-corrected chi connectivity index (χ2v) is 12.7. The van der Waals surface area contributed by atoms with Crippen LogP contribution in [-0.2, 0) is 16.6 Å². The number of anilines is 1. The van der Waals surface area contributed by atoms with Crippen molar-refractivity contribution in [3.05, 3.63) is 98.5 Å². The first-order valence-corrected chi connectivity index (χ1v) is 15.2. The third-order valence-corrected chi connectivity index (χ3v) is 9.30. The number of benzene rings is 3. The summed E-state index contributed by atoms with van der Waals surface area (Å²) in [4.78, 5) is 21.6. The highest BCUT2D eigenvalue weighted by Gasteiger charge is 2.29. The first kappa shape index (κ1) is 27.8. The fraction of sp³-hybridized carbons (Fsp3) is 0.214. The van der Waals surface area contributed by atoms with Crippen molar-refractivity contribution in [1.82, 2.24) is 14.8 Å². The zero-order valence-corrected chi connectivity index (χ0v) is 24.7. The molecule has 0 unspecified atom stereocenters. The molecule has 5 rings (SSSR count). The molecule has 1 aromatic heterocycles. The SMILES string of the molecule is C[C@H]1CN(Cc2ccc(I)c(F)c2)CCN1C(=O)c1ccc(NS(=O)(=O)c2cccc3cccnc23)cc1Cl. The van der Waals surface area contributed by atoms with Crippen LogP contribution < -0.4 is 4.72 Å². The molecule has 202 valence electrons. The summed E-state index contributed by atoms with van der Waals surface area (Å²) in [6, 6.07) is 18.1. The minimum Gasteiger partial charge on any atom is -0.333 e. The van der Waals surface area contributed by atoms with Gasteiger partial charge in [-0.15, -0.1) is 0 Å². The fourth-order valence-electron chi connectivity index (χ4n) is 4.78. The third kappa shape index (κ3) is 6.03. The van der Waals surface area contributed by atoms with Crippen molar-refractivity contribution in [2.75, 3.05) is 24.4 Å². The van der Waals surface area contributed by atoms with Crippen LogP contribution in [0, 0.1) is 9.39 Å². The van der Waals surface area contributed by atoms with Gasteiger partial charge in [0.15, 0.2) is 0 Å². The van der Waals surface area contributed by atoms with Crippen LogP contribution in [0.15, 0.2) is 77.8 Å². The molecule has 1 atom stereocenters. The number of sulfonamides is 1. The number of carbonyl (C=O) groups is 1. The summed E-state index contributed by atoms with van der Waals surface area (Å²) in [5, 5.41) is 0.861. The Morgan fingerprint density at radius 3 is 2.67 bits per heavy atom. The average molecular weight is 679 g/mol. The largest absolute Gasteiger partial charge is 0.333 e. The van der Waals surface area contributed by atoms with Crippen LogP contribution in [0.5, 0.6) is 0 Å². The van der Waals surface area contributed by atoms with Gasteiger partial charge in [-0.25, -0.2) is 12.8 Å². The van der Waals surface area contributed by atoms with Crippen LogP contribution in [0.1, 0.15) is 22.8 Å². The van der Waals surface area contributed by atoms with Gasteiger partial charge in [-0.3, -0.25) is 19.4 Å². The van der Waals surface area contributed by atoms with E-state index in [1.54, 1.807) is 47.5 Å². The number of piperazine rings is 1. The van der Waals surface area contributed by atoms with Crippen molar-refractivity contribution in [2.24, 2.45) is 0 Å². The third-order valence-electron chi connectivity index (χ3n) is 6.70. The molecule has 1 aliphatic heterocycles. The lowest BCUT2D eigenvalue weighted by Crippen LogP contribution is -2.53. The number of nitrogens with zero attached hydrogens (tertiary/aromatic N) is 3. The lowest BCUT2D eigenvalue weighted by Gasteiger charge is -2.40. The van der Waals surface area contributed by atoms with Gasteiger partial charge in [-0.2, -0.15) is 0 Å². The van der Waals surface area contributed by atoms with E-state index in [2.05, 4.69) is 14.6 Å². The fourth-order valence-corrected chi connectivity index (χ4v) is 6.61. The number of hydrogen-bond acceptors (Lipinski definition) is 5. The number of nitrogens with one attached hydrogen (secondary N) is 1. The lowest BCUT2D eigenvalue weighted by molar-refractivity contribution is 0.0475. The number of halogens is 3. The average Bonchev–Trinajstić information content (AvgIpc) is 2.90. The maximum atomic E-state index is 13.9. The zero-order valence-electron chi connectivity index (χ0n) is 20.9. The minimum absolute atomic E-state index is 0.0524. The molecule has 0 aliphatic carbocycles. The van der Waals surface area contributed by atoms with Gasteiger partial charge in [-0.05, 0) is 77.5 Å². The predicted octanol–water partition coefficient (Wildman–Crippen LogP) is 5.78. The summed E-state index contributed by atoms with van der Waals surface area (Å²) in [6.45, 7) is 4.33. The number of carbonyl (C=O) groups excluding carboxylic acids is 1. The highest BCUT2D eigenvalue weighted by atomic mass is 127. The standard InChI is InChI=1S/C28H25ClFIN4O3S/c1-18-16-34(17-19-7-10-25(31)24(30)14-19)12-13-35(18)28(36)22-9-8-21(15-23(22)29)33-39(37,38)26-6-2-4-20-5-3-11-32-27(20)26/h2-11,14-15,18,33H,12-13,16-17H2,1H3/t18-/m0/s1. The molecule has 39 heavy (non-hydrogen) atoms. The molecule has 1 fully saturated rings. The molecule has 2 heterocycles. The number of fused-ring (bicyclic) bond motifs is 1. The molecule has 0 radical (unpaired) electrons. The first-order chi connectivity index (χ1) is 18.6. The van der Waals surface area contributed by atoms with E-state index in [1.165, 1.54) is 24.3 Å². The molecule has 4 aromatic rings. The lowest BCUT2D eigenvalue weighted by atomic mass is 10.1. The molecule has 0 saturated carbocycles. The van der Waals surface area contributed by atoms with E-state index in [0.29, 0.717) is 46.2 Å². The van der Waals surface area contributed by atoms with E-state index in [1.807, 2.05) is 35.6 Å². The van der Waals surface area contributed by atoms with Gasteiger partial charge in [-0.1, -0.05) is 35.9 Å². The van der Waals surface area contributed by atoms with Gasteiger partial charge >= 0.3 is 0 Å². The Balaban J connectivity index is 1.27. The number of aromatic nitrogens is 1. The molecule has 1 amide bonds. The quantitative estimate of drug-likeness (QED) is 0.262. The number of para-hydroxylation sites is 1. The highest BCUT2D eigenvalue weighted by molar-refractivity contribution is 14.1. The van der Waals surface area contributed by atoms with Gasteiger partial charge < -0.3 is 4.90 Å².